The largest absolute Gasteiger partial charge is 0.309 e. The lowest BCUT2D eigenvalue weighted by molar-refractivity contribution is 1.18. The quantitative estimate of drug-likeness (QED) is 0.0966. The molecule has 0 atom stereocenters. The SMILES string of the molecule is c1ccc(-c2cc(-c3cccc(-c4cc(-c5ccc6c(c5)c5ccccc5n6-c5ccccc5)nc5ccc(-c6ccc7c(c6)c6ccccc6n7-c6ccccc6)cc45)c3)cc(-c3ccccc3)n2)cc1.c1ccc(-c2cc(-c3ccccc3)nc(-c3ccc(-c4cc(-c5ccc6c(c5)c5ccccc5n6-c5ccccc5)nc5ccc(-c6ccc7c(c6)c6ccccc6n7-c6ccccc6)cc45)cc3)c2)cc1. The van der Waals surface area contributed by atoms with Crippen LogP contribution in [0.3, 0.4) is 0 Å². The van der Waals surface area contributed by atoms with E-state index in [-0.39, 0.29) is 0 Å². The summed E-state index contributed by atoms with van der Waals surface area (Å²) in [6.45, 7) is 0. The molecule has 8 heterocycles. The molecule has 0 bridgehead atoms. The van der Waals surface area contributed by atoms with E-state index in [1.807, 2.05) is 0 Å². The Balaban J connectivity index is 0.000000143. The van der Waals surface area contributed by atoms with Crippen molar-refractivity contribution in [2.24, 2.45) is 0 Å². The molecule has 0 saturated carbocycles. The molecule has 0 fully saturated rings. The zero-order valence-corrected chi connectivity index (χ0v) is 78.4. The van der Waals surface area contributed by atoms with E-state index in [2.05, 4.69) is 552 Å². The second kappa shape index (κ2) is 35.6. The van der Waals surface area contributed by atoms with E-state index in [9.17, 15) is 0 Å². The van der Waals surface area contributed by atoms with Gasteiger partial charge in [-0.1, -0.05) is 346 Å². The van der Waals surface area contributed by atoms with Gasteiger partial charge in [0, 0.05) is 110 Å². The molecule has 672 valence electrons. The topological polar surface area (TPSA) is 71.3 Å². The zero-order valence-electron chi connectivity index (χ0n) is 78.4. The standard InChI is InChI=1S/2C68H44N4/c1-5-18-45(19-6-1)62-42-52(43-63(70-62)46-20-7-2-8-21-46)47-22-17-23-50(38-47)57-44-64(51-34-37-68-60(41-51)56-29-14-16-31-66(56)72(68)54-26-11-4-12-27-54)69-61-35-32-48(39-58(57)61)49-33-36-67-59(40-49)55-28-13-15-30-65(55)71(67)53-24-9-3-10-25-53;1-5-17-45(18-6-1)52-42-62(47-19-7-2-8-20-47)70-63(43-52)48-31-29-46(30-32-48)57-44-64(51-35-38-68-60(41-51)56-26-14-16-28-66(56)72(68)54-23-11-4-12-24-54)69-61-36-33-49(39-58(57)61)50-34-37-67-59(40-50)55-25-13-15-27-65(55)71(67)53-21-9-3-10-22-53/h2*1-44H. The maximum atomic E-state index is 5.50. The number of para-hydroxylation sites is 8. The first-order valence-corrected chi connectivity index (χ1v) is 49.1. The molecule has 20 aromatic carbocycles. The van der Waals surface area contributed by atoms with Crippen molar-refractivity contribution in [3.8, 4) is 157 Å². The van der Waals surface area contributed by atoms with Crippen LogP contribution < -0.4 is 0 Å². The molecule has 144 heavy (non-hydrogen) atoms. The molecule has 8 aromatic heterocycles. The molecule has 0 radical (unpaired) electrons. The Morgan fingerprint density at radius 1 is 0.111 bits per heavy atom. The second-order valence-corrected chi connectivity index (χ2v) is 37.1. The van der Waals surface area contributed by atoms with E-state index in [1.54, 1.807) is 0 Å². The number of benzene rings is 20. The lowest BCUT2D eigenvalue weighted by Gasteiger charge is -2.15. The van der Waals surface area contributed by atoms with Crippen molar-refractivity contribution in [1.82, 2.24) is 38.2 Å². The third-order valence-corrected chi connectivity index (χ3v) is 28.6. The number of nitrogens with zero attached hydrogens (tertiary/aromatic N) is 8. The molecule has 0 amide bonds. The molecule has 8 nitrogen and oxygen atoms in total. The van der Waals surface area contributed by atoms with Crippen molar-refractivity contribution in [3.63, 3.8) is 0 Å². The van der Waals surface area contributed by atoms with Crippen molar-refractivity contribution >= 4 is 109 Å². The molecule has 0 aliphatic carbocycles. The minimum Gasteiger partial charge on any atom is -0.309 e. The minimum atomic E-state index is 0.922. The first-order valence-electron chi connectivity index (χ1n) is 49.1. The van der Waals surface area contributed by atoms with Crippen LogP contribution in [0, 0.1) is 0 Å². The van der Waals surface area contributed by atoms with Crippen LogP contribution in [0.15, 0.2) is 534 Å². The lowest BCUT2D eigenvalue weighted by atomic mass is 9.92. The van der Waals surface area contributed by atoms with Crippen LogP contribution in [-0.4, -0.2) is 38.2 Å². The van der Waals surface area contributed by atoms with Gasteiger partial charge in [-0.25, -0.2) is 19.9 Å². The van der Waals surface area contributed by atoms with Crippen molar-refractivity contribution in [2.75, 3.05) is 0 Å². The van der Waals surface area contributed by atoms with Gasteiger partial charge in [0.1, 0.15) is 0 Å². The number of aromatic nitrogens is 8. The monoisotopic (exact) mass is 1830 g/mol. The normalized spacial score (nSPS) is 11.6. The first-order chi connectivity index (χ1) is 71.4. The first kappa shape index (κ1) is 84.0. The number of hydrogen-bond donors (Lipinski definition) is 0. The summed E-state index contributed by atoms with van der Waals surface area (Å²) in [6.07, 6.45) is 0. The van der Waals surface area contributed by atoms with Crippen LogP contribution in [0.5, 0.6) is 0 Å². The van der Waals surface area contributed by atoms with Crippen LogP contribution in [-0.2, 0) is 0 Å². The van der Waals surface area contributed by atoms with Crippen LogP contribution >= 0.6 is 0 Å². The molecule has 8 heteroatoms. The van der Waals surface area contributed by atoms with Gasteiger partial charge in [-0.2, -0.15) is 0 Å². The molecular formula is C136H88N8. The van der Waals surface area contributed by atoms with Gasteiger partial charge < -0.3 is 18.3 Å². The van der Waals surface area contributed by atoms with Gasteiger partial charge >= 0.3 is 0 Å². The van der Waals surface area contributed by atoms with Crippen molar-refractivity contribution in [1.29, 1.82) is 0 Å². The van der Waals surface area contributed by atoms with E-state index in [0.717, 1.165) is 190 Å². The highest BCUT2D eigenvalue weighted by Crippen LogP contribution is 2.47. The zero-order chi connectivity index (χ0) is 95.1. The summed E-state index contributed by atoms with van der Waals surface area (Å²) < 4.78 is 9.47. The lowest BCUT2D eigenvalue weighted by Crippen LogP contribution is -1.94. The Morgan fingerprint density at radius 3 is 0.681 bits per heavy atom. The fraction of sp³-hybridized carbons (Fsp3) is 0. The fourth-order valence-electron chi connectivity index (χ4n) is 21.7. The molecule has 0 unspecified atom stereocenters. The van der Waals surface area contributed by atoms with Gasteiger partial charge in [0.25, 0.3) is 0 Å². The van der Waals surface area contributed by atoms with Crippen molar-refractivity contribution in [3.05, 3.63) is 534 Å². The highest BCUT2D eigenvalue weighted by atomic mass is 15.0. The van der Waals surface area contributed by atoms with Gasteiger partial charge in [-0.05, 0) is 255 Å². The predicted octanol–water partition coefficient (Wildman–Crippen LogP) is 35.7. The maximum absolute atomic E-state index is 5.50. The number of rotatable bonds is 16. The molecule has 0 aliphatic heterocycles. The number of hydrogen-bond acceptors (Lipinski definition) is 4. The molecule has 28 aromatic rings. The van der Waals surface area contributed by atoms with Crippen LogP contribution in [0.4, 0.5) is 0 Å². The van der Waals surface area contributed by atoms with Crippen molar-refractivity contribution in [2.45, 2.75) is 0 Å². The summed E-state index contributed by atoms with van der Waals surface area (Å²) in [6, 6.07) is 192. The van der Waals surface area contributed by atoms with Crippen LogP contribution in [0.2, 0.25) is 0 Å². The third kappa shape index (κ3) is 15.1. The average Bonchev–Trinajstić information content (AvgIpc) is 1.57. The maximum Gasteiger partial charge on any atom is 0.0716 e. The van der Waals surface area contributed by atoms with Crippen LogP contribution in [0.1, 0.15) is 0 Å². The molecular weight excluding hydrogens is 1750 g/mol. The second-order valence-electron chi connectivity index (χ2n) is 37.1. The average molecular weight is 1830 g/mol. The van der Waals surface area contributed by atoms with Crippen molar-refractivity contribution < 1.29 is 0 Å². The Kier molecular flexibility index (Phi) is 20.8. The highest BCUT2D eigenvalue weighted by Gasteiger charge is 2.24. The summed E-state index contributed by atoms with van der Waals surface area (Å²) in [4.78, 5) is 21.4. The molecule has 0 aliphatic rings. The van der Waals surface area contributed by atoms with E-state index in [0.29, 0.717) is 0 Å². The van der Waals surface area contributed by atoms with Gasteiger partial charge in [-0.3, -0.25) is 0 Å². The summed E-state index contributed by atoms with van der Waals surface area (Å²) in [5, 5.41) is 11.9. The molecule has 0 saturated heterocycles. The number of pyridine rings is 4. The molecule has 28 rings (SSSR count). The fourth-order valence-corrected chi connectivity index (χ4v) is 21.7. The predicted molar refractivity (Wildman–Crippen MR) is 602 cm³/mol. The summed E-state index contributed by atoms with van der Waals surface area (Å²) >= 11 is 0. The summed E-state index contributed by atoms with van der Waals surface area (Å²) in [7, 11) is 0. The Bertz CT molecular complexity index is 9730. The summed E-state index contributed by atoms with van der Waals surface area (Å²) in [5.74, 6) is 0. The Hall–Kier alpha value is -19.3. The van der Waals surface area contributed by atoms with Gasteiger partial charge in [0.05, 0.1) is 89.3 Å². The molecule has 0 N–H and O–H groups in total. The smallest absolute Gasteiger partial charge is 0.0716 e. The Morgan fingerprint density at radius 2 is 0.333 bits per heavy atom. The third-order valence-electron chi connectivity index (χ3n) is 28.6. The Labute approximate surface area is 832 Å². The molecule has 0 spiro atoms. The van der Waals surface area contributed by atoms with Gasteiger partial charge in [-0.15, -0.1) is 0 Å². The van der Waals surface area contributed by atoms with Crippen LogP contribution in [0.25, 0.3) is 266 Å². The van der Waals surface area contributed by atoms with E-state index >= 15 is 0 Å². The number of fused-ring (bicyclic) bond motifs is 14. The van der Waals surface area contributed by atoms with Gasteiger partial charge in [0.15, 0.2) is 0 Å². The van der Waals surface area contributed by atoms with E-state index < -0.39 is 0 Å². The highest BCUT2D eigenvalue weighted by molar-refractivity contribution is 6.16. The van der Waals surface area contributed by atoms with E-state index in [4.69, 9.17) is 19.9 Å². The van der Waals surface area contributed by atoms with E-state index in [1.165, 1.54) is 76.2 Å². The summed E-state index contributed by atoms with van der Waals surface area (Å²) in [5.41, 5.74) is 41.5. The van der Waals surface area contributed by atoms with Gasteiger partial charge in [0.2, 0.25) is 0 Å². The minimum absolute atomic E-state index is 0.922.